The molecule has 0 saturated heterocycles. The van der Waals surface area contributed by atoms with Crippen LogP contribution in [0.25, 0.3) is 0 Å². The first-order valence-electron chi connectivity index (χ1n) is 22.2. The quantitative estimate of drug-likeness (QED) is 0.115. The van der Waals surface area contributed by atoms with E-state index >= 15 is 4.39 Å². The highest BCUT2D eigenvalue weighted by Gasteiger charge is 2.70. The van der Waals surface area contributed by atoms with Crippen molar-refractivity contribution in [1.29, 1.82) is 0 Å². The highest BCUT2D eigenvalue weighted by atomic mass is 35.5. The first kappa shape index (κ1) is 43.3. The van der Waals surface area contributed by atoms with Gasteiger partial charge < -0.3 is 20.5 Å². The lowest BCUT2D eigenvalue weighted by Crippen LogP contribution is -2.66. The lowest BCUT2D eigenvalue weighted by Gasteiger charge is -2.72. The number of carboxylic acid groups (broad SMARTS) is 1. The molecule has 5 saturated carbocycles. The molecule has 1 unspecified atom stereocenters. The van der Waals surface area contributed by atoms with E-state index in [4.69, 9.17) is 16.3 Å². The maximum atomic E-state index is 15.0. The molecule has 1 aromatic carbocycles. The van der Waals surface area contributed by atoms with E-state index in [0.29, 0.717) is 47.7 Å². The van der Waals surface area contributed by atoms with Crippen molar-refractivity contribution >= 4 is 35.2 Å². The van der Waals surface area contributed by atoms with Crippen LogP contribution in [0.3, 0.4) is 0 Å². The van der Waals surface area contributed by atoms with Gasteiger partial charge in [-0.15, -0.1) is 0 Å². The summed E-state index contributed by atoms with van der Waals surface area (Å²) in [7, 11) is 0. The molecule has 5 fully saturated rings. The van der Waals surface area contributed by atoms with Gasteiger partial charge in [-0.3, -0.25) is 19.2 Å². The molecule has 0 aromatic heterocycles. The Kier molecular flexibility index (Phi) is 11.2. The van der Waals surface area contributed by atoms with Crippen molar-refractivity contribution < 1.29 is 33.4 Å². The number of amides is 1. The van der Waals surface area contributed by atoms with Crippen molar-refractivity contribution in [3.8, 4) is 0 Å². The number of ether oxygens (including phenoxy) is 1. The third-order valence-electron chi connectivity index (χ3n) is 18.1. The molecule has 0 radical (unpaired) electrons. The van der Waals surface area contributed by atoms with E-state index < -0.39 is 35.4 Å². The highest BCUT2D eigenvalue weighted by molar-refractivity contribution is 6.30. The van der Waals surface area contributed by atoms with Crippen molar-refractivity contribution in [1.82, 2.24) is 10.6 Å². The summed E-state index contributed by atoms with van der Waals surface area (Å²) >= 11 is 5.95. The molecule has 58 heavy (non-hydrogen) atoms. The van der Waals surface area contributed by atoms with E-state index in [1.165, 1.54) is 5.57 Å². The van der Waals surface area contributed by atoms with Gasteiger partial charge in [0, 0.05) is 34.4 Å². The smallest absolute Gasteiger partial charge is 0.309 e. The van der Waals surface area contributed by atoms with Crippen LogP contribution in [0.15, 0.2) is 35.4 Å². The van der Waals surface area contributed by atoms with Gasteiger partial charge in [0.05, 0.1) is 11.8 Å². The zero-order valence-corrected chi connectivity index (χ0v) is 37.1. The van der Waals surface area contributed by atoms with Crippen LogP contribution in [0.4, 0.5) is 4.39 Å². The van der Waals surface area contributed by atoms with Crippen LogP contribution >= 0.6 is 11.6 Å². The number of aliphatic carboxylic acids is 1. The fraction of sp³-hybridized carbons (Fsp3) is 0.750. The Morgan fingerprint density at radius 3 is 2.21 bits per heavy atom. The zero-order valence-electron chi connectivity index (χ0n) is 36.4. The molecule has 6 aliphatic carbocycles. The molecule has 10 heteroatoms. The number of nitrogens with one attached hydrogen (secondary N) is 2. The van der Waals surface area contributed by atoms with E-state index in [9.17, 15) is 24.3 Å². The van der Waals surface area contributed by atoms with E-state index in [-0.39, 0.29) is 57.4 Å². The fourth-order valence-electron chi connectivity index (χ4n) is 14.6. The number of halogens is 2. The normalized spacial score (nSPS) is 39.1. The number of fused-ring (bicyclic) bond motifs is 7. The number of allylic oxidation sites excluding steroid dienone is 2. The molecular formula is C48H68ClFN2O6. The zero-order chi connectivity index (χ0) is 42.4. The molecule has 0 aliphatic heterocycles. The summed E-state index contributed by atoms with van der Waals surface area (Å²) < 4.78 is 21.4. The van der Waals surface area contributed by atoms with Crippen LogP contribution in [-0.2, 0) is 19.1 Å². The minimum atomic E-state index is -1.55. The predicted octanol–water partition coefficient (Wildman–Crippen LogP) is 9.98. The molecule has 3 N–H and O–H groups in total. The average Bonchev–Trinajstić information content (AvgIpc) is 3.43. The van der Waals surface area contributed by atoms with Gasteiger partial charge in [-0.1, -0.05) is 79.5 Å². The second kappa shape index (κ2) is 15.0. The number of carbonyl (C=O) groups excluding carboxylic acids is 3. The Hall–Kier alpha value is -2.78. The van der Waals surface area contributed by atoms with Gasteiger partial charge in [-0.05, 0) is 146 Å². The number of ketones is 1. The lowest BCUT2D eigenvalue weighted by molar-refractivity contribution is -0.236. The largest absolute Gasteiger partial charge is 0.481 e. The number of rotatable bonds is 11. The SMILES string of the molecule is CC(C)C1=C2[C@H]3CC[C@@H]4[C@@]5(C)CC[C@H](OC(=O)[C@H]6C[C@@H](C(=O)O)C6(C)C)C(C)(C)[C@@H]5CC[C@@]4(C)[C@]3(C)CC[C@@]2(CCNCC(F)NC(=O)c2ccc(Cl)cc2)CC1=O. The predicted molar refractivity (Wildman–Crippen MR) is 224 cm³/mol. The van der Waals surface area contributed by atoms with E-state index in [1.54, 1.807) is 24.3 Å². The molecule has 11 atom stereocenters. The molecule has 1 amide bonds. The van der Waals surface area contributed by atoms with Crippen LogP contribution in [0, 0.1) is 68.0 Å². The summed E-state index contributed by atoms with van der Waals surface area (Å²) in [6.07, 6.45) is 7.99. The number of hydrogen-bond donors (Lipinski definition) is 3. The van der Waals surface area contributed by atoms with Crippen molar-refractivity contribution in [3.63, 3.8) is 0 Å². The molecule has 0 spiro atoms. The molecule has 7 rings (SSSR count). The number of alkyl halides is 1. The highest BCUT2D eigenvalue weighted by Crippen LogP contribution is 2.77. The van der Waals surface area contributed by atoms with Gasteiger partial charge in [-0.25, -0.2) is 4.39 Å². The van der Waals surface area contributed by atoms with E-state index in [2.05, 4.69) is 59.1 Å². The molecule has 0 bridgehead atoms. The topological polar surface area (TPSA) is 122 Å². The summed E-state index contributed by atoms with van der Waals surface area (Å²) in [5.41, 5.74) is 1.88. The summed E-state index contributed by atoms with van der Waals surface area (Å²) in [4.78, 5) is 52.0. The van der Waals surface area contributed by atoms with Crippen LogP contribution in [-0.4, -0.2) is 54.2 Å². The lowest BCUT2D eigenvalue weighted by atomic mass is 9.33. The van der Waals surface area contributed by atoms with Gasteiger partial charge in [-0.2, -0.15) is 0 Å². The summed E-state index contributed by atoms with van der Waals surface area (Å²) in [5.74, 6) is -0.854. The van der Waals surface area contributed by atoms with Gasteiger partial charge in [0.1, 0.15) is 6.10 Å². The number of benzene rings is 1. The monoisotopic (exact) mass is 822 g/mol. The molecule has 0 heterocycles. The van der Waals surface area contributed by atoms with E-state index in [0.717, 1.165) is 63.4 Å². The second-order valence-electron chi connectivity index (χ2n) is 21.7. The molecule has 6 aliphatic rings. The van der Waals surface area contributed by atoms with Gasteiger partial charge in [0.25, 0.3) is 5.91 Å². The summed E-state index contributed by atoms with van der Waals surface area (Å²) in [6.45, 7) is 20.9. The molecule has 8 nitrogen and oxygen atoms in total. The van der Waals surface area contributed by atoms with Gasteiger partial charge >= 0.3 is 11.9 Å². The number of hydrogen-bond acceptors (Lipinski definition) is 6. The summed E-state index contributed by atoms with van der Waals surface area (Å²) in [6, 6.07) is 6.38. The minimum absolute atomic E-state index is 0.0136. The van der Waals surface area contributed by atoms with Crippen molar-refractivity contribution in [2.24, 2.45) is 68.0 Å². The molecule has 1 aromatic rings. The van der Waals surface area contributed by atoms with Crippen LogP contribution in [0.5, 0.6) is 0 Å². The van der Waals surface area contributed by atoms with E-state index in [1.807, 2.05) is 13.8 Å². The maximum absolute atomic E-state index is 15.0. The third kappa shape index (κ3) is 6.70. The number of esters is 1. The second-order valence-corrected chi connectivity index (χ2v) is 22.1. The van der Waals surface area contributed by atoms with Gasteiger partial charge in [0.2, 0.25) is 0 Å². The Morgan fingerprint density at radius 2 is 1.57 bits per heavy atom. The number of Topliss-reactive ketones (excluding diaryl/α,β-unsaturated/α-hetero) is 1. The molecular weight excluding hydrogens is 755 g/mol. The standard InChI is InChI=1S/C48H68ClFN2O6/c1-27(2)38-33(53)25-48(22-23-51-26-37(50)52-40(54)28-10-12-29(49)13-11-28)21-20-46(8)30(39(38)48)14-15-35-45(7)18-17-36(44(5,6)34(45)16-19-47(35,46)9)58-42(57)32-24-31(41(55)56)43(32,3)4/h10-13,27,30-32,34-37,51H,14-26H2,1-9H3,(H,52,54)(H,55,56)/t30-,31+,32-,34+,35-,36+,37?,45+,46-,47-,48-/m1/s1. The van der Waals surface area contributed by atoms with Gasteiger partial charge in [0.15, 0.2) is 12.1 Å². The Balaban J connectivity index is 1.06. The fourth-order valence-corrected chi connectivity index (χ4v) is 14.8. The van der Waals surface area contributed by atoms with Crippen LogP contribution in [0.2, 0.25) is 5.02 Å². The third-order valence-corrected chi connectivity index (χ3v) is 18.4. The number of carbonyl (C=O) groups is 4. The summed E-state index contributed by atoms with van der Waals surface area (Å²) in [5, 5.41) is 15.9. The minimum Gasteiger partial charge on any atom is -0.481 e. The number of carboxylic acids is 1. The Bertz CT molecular complexity index is 1860. The molecule has 320 valence electrons. The van der Waals surface area contributed by atoms with Crippen molar-refractivity contribution in [3.05, 3.63) is 46.0 Å². The van der Waals surface area contributed by atoms with Crippen molar-refractivity contribution in [2.45, 2.75) is 145 Å². The van der Waals surface area contributed by atoms with Crippen LogP contribution < -0.4 is 10.6 Å². The maximum Gasteiger partial charge on any atom is 0.309 e. The van der Waals surface area contributed by atoms with Crippen LogP contribution in [0.1, 0.15) is 143 Å². The Labute approximate surface area is 350 Å². The van der Waals surface area contributed by atoms with Crippen molar-refractivity contribution in [2.75, 3.05) is 13.1 Å². The Morgan fingerprint density at radius 1 is 0.879 bits per heavy atom. The first-order chi connectivity index (χ1) is 27.0. The first-order valence-corrected chi connectivity index (χ1v) is 22.5. The average molecular weight is 824 g/mol.